The van der Waals surface area contributed by atoms with Crippen LogP contribution in [0.2, 0.25) is 0 Å². The Morgan fingerprint density at radius 3 is 2.28 bits per heavy atom. The molecule has 2 unspecified atom stereocenters. The number of methoxy groups -OCH3 is 1. The van der Waals surface area contributed by atoms with E-state index in [1.165, 1.54) is 12.1 Å². The molecule has 246 valence electrons. The number of ether oxygens (including phenoxy) is 3. The largest absolute Gasteiger partial charge is 0.497 e. The SMILES string of the molecule is COc1ccc(CNC(=O)c2c(-c3ccccc3)c(-c3ccc(F)cc3)c(C=CC3CC(CC(=O)O)OC(C)(C)O3)n2C(C)C)cc1. The van der Waals surface area contributed by atoms with Gasteiger partial charge in [-0.1, -0.05) is 60.7 Å². The number of carbonyl (C=O) groups excluding carboxylic acids is 1. The normalized spacial score (nSPS) is 17.6. The number of aromatic nitrogens is 1. The lowest BCUT2D eigenvalue weighted by Gasteiger charge is -2.39. The molecule has 0 saturated carbocycles. The zero-order chi connectivity index (χ0) is 33.7. The molecule has 1 fully saturated rings. The van der Waals surface area contributed by atoms with Gasteiger partial charge in [0.25, 0.3) is 5.91 Å². The first-order valence-corrected chi connectivity index (χ1v) is 15.7. The van der Waals surface area contributed by atoms with E-state index in [1.807, 2.05) is 85.2 Å². The smallest absolute Gasteiger partial charge is 0.305 e. The number of nitrogens with zero attached hydrogens (tertiary/aromatic N) is 1. The number of carbonyl (C=O) groups is 2. The Bertz CT molecular complexity index is 1730. The summed E-state index contributed by atoms with van der Waals surface area (Å²) in [4.78, 5) is 25.8. The van der Waals surface area contributed by atoms with Gasteiger partial charge in [-0.3, -0.25) is 9.59 Å². The lowest BCUT2D eigenvalue weighted by atomic mass is 9.94. The molecule has 3 aromatic carbocycles. The Morgan fingerprint density at radius 2 is 1.66 bits per heavy atom. The molecule has 1 aliphatic heterocycles. The maximum atomic E-state index is 14.3. The second kappa shape index (κ2) is 14.4. The fraction of sp³-hybridized carbons (Fsp3) is 0.316. The Kier molecular flexibility index (Phi) is 10.3. The lowest BCUT2D eigenvalue weighted by molar-refractivity contribution is -0.290. The average molecular weight is 641 g/mol. The van der Waals surface area contributed by atoms with Gasteiger partial charge in [0.15, 0.2) is 5.79 Å². The van der Waals surface area contributed by atoms with Crippen molar-refractivity contribution >= 4 is 18.0 Å². The van der Waals surface area contributed by atoms with Crippen molar-refractivity contribution in [1.82, 2.24) is 9.88 Å². The summed E-state index contributed by atoms with van der Waals surface area (Å²) in [6.45, 7) is 7.85. The summed E-state index contributed by atoms with van der Waals surface area (Å²) in [5.41, 5.74) is 5.18. The number of carboxylic acids is 1. The van der Waals surface area contributed by atoms with Gasteiger partial charge in [-0.25, -0.2) is 4.39 Å². The Balaban J connectivity index is 1.66. The van der Waals surface area contributed by atoms with Gasteiger partial charge in [0.1, 0.15) is 17.3 Å². The van der Waals surface area contributed by atoms with Crippen LogP contribution in [0.15, 0.2) is 84.9 Å². The van der Waals surface area contributed by atoms with Crippen LogP contribution >= 0.6 is 0 Å². The molecule has 0 aliphatic carbocycles. The van der Waals surface area contributed by atoms with Crippen molar-refractivity contribution in [3.63, 3.8) is 0 Å². The van der Waals surface area contributed by atoms with Crippen LogP contribution in [-0.2, 0) is 20.8 Å². The number of hydrogen-bond donors (Lipinski definition) is 2. The van der Waals surface area contributed by atoms with E-state index in [2.05, 4.69) is 5.32 Å². The van der Waals surface area contributed by atoms with Crippen molar-refractivity contribution in [3.8, 4) is 28.0 Å². The van der Waals surface area contributed by atoms with Crippen molar-refractivity contribution < 1.29 is 33.3 Å². The van der Waals surface area contributed by atoms with Crippen LogP contribution in [0.4, 0.5) is 4.39 Å². The van der Waals surface area contributed by atoms with E-state index in [-0.39, 0.29) is 24.2 Å². The second-order valence-electron chi connectivity index (χ2n) is 12.3. The van der Waals surface area contributed by atoms with Gasteiger partial charge in [0.05, 0.1) is 25.7 Å². The highest BCUT2D eigenvalue weighted by molar-refractivity contribution is 6.06. The molecule has 2 N–H and O–H groups in total. The number of rotatable bonds is 11. The molecule has 0 radical (unpaired) electrons. The number of benzene rings is 3. The van der Waals surface area contributed by atoms with Crippen LogP contribution in [0, 0.1) is 5.82 Å². The van der Waals surface area contributed by atoms with E-state index < -0.39 is 24.0 Å². The van der Waals surface area contributed by atoms with Crippen molar-refractivity contribution in [2.24, 2.45) is 0 Å². The van der Waals surface area contributed by atoms with Crippen LogP contribution in [0.3, 0.4) is 0 Å². The standard InChI is InChI=1S/C38H41FN2O6/c1-24(2)41-32(20-19-30-21-31(22-33(42)43)47-38(3,4)46-30)34(27-13-15-28(39)16-14-27)35(26-9-7-6-8-10-26)36(41)37(44)40-23-25-11-17-29(45-5)18-12-25/h6-20,24,30-31H,21-23H2,1-5H3,(H,40,44)(H,42,43). The molecule has 0 bridgehead atoms. The highest BCUT2D eigenvalue weighted by atomic mass is 19.1. The van der Waals surface area contributed by atoms with Crippen LogP contribution < -0.4 is 10.1 Å². The molecule has 1 aliphatic rings. The highest BCUT2D eigenvalue weighted by Crippen LogP contribution is 2.43. The average Bonchev–Trinajstić information content (AvgIpc) is 3.38. The number of amides is 1. The van der Waals surface area contributed by atoms with Crippen LogP contribution in [-0.4, -0.2) is 46.7 Å². The van der Waals surface area contributed by atoms with E-state index >= 15 is 0 Å². The molecule has 1 saturated heterocycles. The third-order valence-electron chi connectivity index (χ3n) is 8.03. The van der Waals surface area contributed by atoms with Gasteiger partial charge >= 0.3 is 5.97 Å². The topological polar surface area (TPSA) is 99.0 Å². The second-order valence-corrected chi connectivity index (χ2v) is 12.3. The number of nitrogens with one attached hydrogen (secondary N) is 1. The predicted octanol–water partition coefficient (Wildman–Crippen LogP) is 7.88. The summed E-state index contributed by atoms with van der Waals surface area (Å²) >= 11 is 0. The number of aliphatic carboxylic acids is 1. The van der Waals surface area contributed by atoms with Crippen molar-refractivity contribution in [1.29, 1.82) is 0 Å². The van der Waals surface area contributed by atoms with Gasteiger partial charge < -0.3 is 29.2 Å². The van der Waals surface area contributed by atoms with Gasteiger partial charge in [-0.2, -0.15) is 0 Å². The first kappa shape index (κ1) is 33.6. The summed E-state index contributed by atoms with van der Waals surface area (Å²) < 4.78 is 33.6. The van der Waals surface area contributed by atoms with E-state index in [1.54, 1.807) is 33.1 Å². The number of carboxylic acid groups (broad SMARTS) is 1. The summed E-state index contributed by atoms with van der Waals surface area (Å²) in [7, 11) is 1.61. The van der Waals surface area contributed by atoms with Crippen LogP contribution in [0.5, 0.6) is 5.75 Å². The van der Waals surface area contributed by atoms with Crippen LogP contribution in [0.25, 0.3) is 28.3 Å². The highest BCUT2D eigenvalue weighted by Gasteiger charge is 2.36. The Labute approximate surface area is 274 Å². The lowest BCUT2D eigenvalue weighted by Crippen LogP contribution is -2.44. The first-order chi connectivity index (χ1) is 22.5. The number of halogens is 1. The molecule has 9 heteroatoms. The van der Waals surface area contributed by atoms with E-state index in [4.69, 9.17) is 14.2 Å². The van der Waals surface area contributed by atoms with Crippen LogP contribution in [0.1, 0.15) is 68.3 Å². The maximum Gasteiger partial charge on any atom is 0.305 e. The molecular weight excluding hydrogens is 599 g/mol. The van der Waals surface area contributed by atoms with Crippen molar-refractivity contribution in [2.75, 3.05) is 7.11 Å². The predicted molar refractivity (Wildman–Crippen MR) is 180 cm³/mol. The molecule has 5 rings (SSSR count). The molecule has 0 spiro atoms. The summed E-state index contributed by atoms with van der Waals surface area (Å²) in [6, 6.07) is 23.3. The molecule has 4 aromatic rings. The maximum absolute atomic E-state index is 14.3. The molecule has 2 atom stereocenters. The van der Waals surface area contributed by atoms with Crippen molar-refractivity contribution in [2.45, 2.75) is 71.1 Å². The van der Waals surface area contributed by atoms with E-state index in [0.29, 0.717) is 18.7 Å². The van der Waals surface area contributed by atoms with E-state index in [9.17, 15) is 19.1 Å². The summed E-state index contributed by atoms with van der Waals surface area (Å²) in [5.74, 6) is -1.83. The van der Waals surface area contributed by atoms with Gasteiger partial charge in [-0.05, 0) is 74.7 Å². The molecule has 1 amide bonds. The zero-order valence-corrected chi connectivity index (χ0v) is 27.3. The molecule has 2 heterocycles. The summed E-state index contributed by atoms with van der Waals surface area (Å²) in [5, 5.41) is 12.5. The number of hydrogen-bond acceptors (Lipinski definition) is 5. The minimum absolute atomic E-state index is 0.142. The van der Waals surface area contributed by atoms with Crippen molar-refractivity contribution in [3.05, 3.63) is 108 Å². The Morgan fingerprint density at radius 1 is 1.00 bits per heavy atom. The van der Waals surface area contributed by atoms with E-state index in [0.717, 1.165) is 39.3 Å². The third-order valence-corrected chi connectivity index (χ3v) is 8.03. The molecule has 47 heavy (non-hydrogen) atoms. The molecule has 8 nitrogen and oxygen atoms in total. The molecular formula is C38H41FN2O6. The monoisotopic (exact) mass is 640 g/mol. The fourth-order valence-corrected chi connectivity index (χ4v) is 6.12. The van der Waals surface area contributed by atoms with Gasteiger partial charge in [0.2, 0.25) is 0 Å². The quantitative estimate of drug-likeness (QED) is 0.173. The Hall–Kier alpha value is -4.73. The molecule has 1 aromatic heterocycles. The fourth-order valence-electron chi connectivity index (χ4n) is 6.12. The third kappa shape index (κ3) is 7.99. The first-order valence-electron chi connectivity index (χ1n) is 15.7. The minimum atomic E-state index is -0.991. The summed E-state index contributed by atoms with van der Waals surface area (Å²) in [6.07, 6.45) is 3.05. The minimum Gasteiger partial charge on any atom is -0.497 e. The van der Waals surface area contributed by atoms with Gasteiger partial charge in [0, 0.05) is 35.8 Å². The van der Waals surface area contributed by atoms with Gasteiger partial charge in [-0.15, -0.1) is 0 Å². The zero-order valence-electron chi connectivity index (χ0n) is 27.3.